The van der Waals surface area contributed by atoms with Crippen molar-refractivity contribution in [2.45, 2.75) is 157 Å². The lowest BCUT2D eigenvalue weighted by atomic mass is 9.89. The van der Waals surface area contributed by atoms with Crippen LogP contribution in [0.5, 0.6) is 0 Å². The smallest absolute Gasteiger partial charge is 0.261 e. The summed E-state index contributed by atoms with van der Waals surface area (Å²) in [5, 5.41) is 2.80. The van der Waals surface area contributed by atoms with Gasteiger partial charge in [0.1, 0.15) is 0 Å². The van der Waals surface area contributed by atoms with Gasteiger partial charge in [-0.15, -0.1) is 0 Å². The van der Waals surface area contributed by atoms with Crippen molar-refractivity contribution in [2.24, 2.45) is 29.6 Å². The van der Waals surface area contributed by atoms with E-state index in [0.29, 0.717) is 5.92 Å². The van der Waals surface area contributed by atoms with Crippen molar-refractivity contribution >= 4 is 18.7 Å². The molecule has 0 amide bonds. The first-order chi connectivity index (χ1) is 25.0. The SMILES string of the molecule is C[C@H](CCC[C@H](C)CCC[C@H](C)CCCOCc1ccccc1)CCC[C@@H](C)CCC[C@@H](C)CO[Si](c1ccccc1)(c1ccccc1)C(C)(C)C. The molecule has 0 heterocycles. The van der Waals surface area contributed by atoms with Crippen LogP contribution in [0.15, 0.2) is 91.0 Å². The van der Waals surface area contributed by atoms with E-state index in [4.69, 9.17) is 9.16 Å². The maximum Gasteiger partial charge on any atom is 0.261 e. The molecule has 3 heteroatoms. The van der Waals surface area contributed by atoms with Crippen molar-refractivity contribution in [1.29, 1.82) is 0 Å². The minimum absolute atomic E-state index is 0.0394. The van der Waals surface area contributed by atoms with Gasteiger partial charge >= 0.3 is 0 Å². The zero-order chi connectivity index (χ0) is 37.7. The summed E-state index contributed by atoms with van der Waals surface area (Å²) in [6.07, 6.45) is 18.9. The molecule has 0 saturated heterocycles. The maximum absolute atomic E-state index is 7.22. The highest BCUT2D eigenvalue weighted by molar-refractivity contribution is 6.99. The lowest BCUT2D eigenvalue weighted by molar-refractivity contribution is 0.114. The molecule has 290 valence electrons. The Morgan fingerprint density at radius 3 is 1.19 bits per heavy atom. The largest absolute Gasteiger partial charge is 0.407 e. The summed E-state index contributed by atoms with van der Waals surface area (Å²) < 4.78 is 13.1. The molecule has 0 radical (unpaired) electrons. The van der Waals surface area contributed by atoms with Crippen molar-refractivity contribution in [1.82, 2.24) is 0 Å². The van der Waals surface area contributed by atoms with Gasteiger partial charge in [0, 0.05) is 13.2 Å². The minimum Gasteiger partial charge on any atom is -0.407 e. The van der Waals surface area contributed by atoms with Crippen molar-refractivity contribution in [3.63, 3.8) is 0 Å². The van der Waals surface area contributed by atoms with Crippen molar-refractivity contribution < 1.29 is 9.16 Å². The van der Waals surface area contributed by atoms with Crippen LogP contribution < -0.4 is 10.4 Å². The zero-order valence-electron chi connectivity index (χ0n) is 34.9. The van der Waals surface area contributed by atoms with Gasteiger partial charge in [-0.3, -0.25) is 0 Å². The first-order valence-electron chi connectivity index (χ1n) is 21.4. The van der Waals surface area contributed by atoms with Crippen LogP contribution in [0.3, 0.4) is 0 Å². The molecular weight excluding hydrogens is 649 g/mol. The summed E-state index contributed by atoms with van der Waals surface area (Å²) in [7, 11) is -2.45. The summed E-state index contributed by atoms with van der Waals surface area (Å²) in [5.74, 6) is 3.93. The van der Waals surface area contributed by atoms with Crippen LogP contribution in [0.25, 0.3) is 0 Å². The third-order valence-electron chi connectivity index (χ3n) is 11.7. The quantitative estimate of drug-likeness (QED) is 0.0575. The van der Waals surface area contributed by atoms with E-state index < -0.39 is 8.32 Å². The van der Waals surface area contributed by atoms with Gasteiger partial charge in [0.05, 0.1) is 6.61 Å². The van der Waals surface area contributed by atoms with E-state index in [2.05, 4.69) is 146 Å². The van der Waals surface area contributed by atoms with Crippen LogP contribution in [-0.2, 0) is 15.8 Å². The maximum atomic E-state index is 7.22. The minimum atomic E-state index is -2.45. The van der Waals surface area contributed by atoms with Crippen molar-refractivity contribution in [2.75, 3.05) is 13.2 Å². The highest BCUT2D eigenvalue weighted by atomic mass is 28.4. The number of hydrogen-bond acceptors (Lipinski definition) is 2. The molecule has 0 aliphatic carbocycles. The van der Waals surface area contributed by atoms with Crippen LogP contribution in [0.1, 0.15) is 151 Å². The monoisotopic (exact) mass is 727 g/mol. The first kappa shape index (κ1) is 44.2. The number of rotatable bonds is 27. The van der Waals surface area contributed by atoms with Gasteiger partial charge in [-0.25, -0.2) is 0 Å². The average Bonchev–Trinajstić information content (AvgIpc) is 3.12. The summed E-state index contributed by atoms with van der Waals surface area (Å²) in [5.41, 5.74) is 1.27. The average molecular weight is 727 g/mol. The third kappa shape index (κ3) is 16.0. The van der Waals surface area contributed by atoms with Crippen LogP contribution in [0.2, 0.25) is 5.04 Å². The first-order valence-corrected chi connectivity index (χ1v) is 23.3. The van der Waals surface area contributed by atoms with Gasteiger partial charge in [-0.2, -0.15) is 0 Å². The molecule has 0 bridgehead atoms. The van der Waals surface area contributed by atoms with Gasteiger partial charge < -0.3 is 9.16 Å². The fourth-order valence-corrected chi connectivity index (χ4v) is 12.9. The topological polar surface area (TPSA) is 18.5 Å². The van der Waals surface area contributed by atoms with Gasteiger partial charge in [-0.05, 0) is 69.8 Å². The Hall–Kier alpha value is -2.20. The molecule has 3 aromatic carbocycles. The van der Waals surface area contributed by atoms with E-state index in [0.717, 1.165) is 43.5 Å². The number of ether oxygens (including phenoxy) is 1. The fraction of sp³-hybridized carbons (Fsp3) is 0.633. The van der Waals surface area contributed by atoms with Crippen molar-refractivity contribution in [3.05, 3.63) is 96.6 Å². The molecule has 0 saturated carbocycles. The Morgan fingerprint density at radius 1 is 0.462 bits per heavy atom. The van der Waals surface area contributed by atoms with E-state index in [1.54, 1.807) is 0 Å². The summed E-state index contributed by atoms with van der Waals surface area (Å²) >= 11 is 0. The molecule has 2 nitrogen and oxygen atoms in total. The molecule has 0 N–H and O–H groups in total. The van der Waals surface area contributed by atoms with Gasteiger partial charge in [0.15, 0.2) is 0 Å². The Bertz CT molecular complexity index is 1250. The second kappa shape index (κ2) is 24.3. The molecular formula is C49H78O2Si. The number of benzene rings is 3. The molecule has 0 spiro atoms. The standard InChI is InChI=1S/C49H78O2Si/c1-41(23-18-24-42(2)27-20-28-44(4)31-22-38-50-40-46-32-12-9-13-33-46)25-19-26-43(3)29-21-30-45(5)39-51-52(49(6,7)8,47-34-14-10-15-35-47)48-36-16-11-17-37-48/h9-17,32-37,41-45H,18-31,38-40H2,1-8H3/t41-,42+,43-,44+,45-/m1/s1. The zero-order valence-corrected chi connectivity index (χ0v) is 35.9. The Labute approximate surface area is 323 Å². The molecule has 3 aromatic rings. The molecule has 0 fully saturated rings. The second-order valence-electron chi connectivity index (χ2n) is 17.9. The lowest BCUT2D eigenvalue weighted by Gasteiger charge is -2.43. The van der Waals surface area contributed by atoms with Gasteiger partial charge in [0.25, 0.3) is 8.32 Å². The van der Waals surface area contributed by atoms with E-state index >= 15 is 0 Å². The third-order valence-corrected chi connectivity index (χ3v) is 16.7. The molecule has 52 heavy (non-hydrogen) atoms. The summed E-state index contributed by atoms with van der Waals surface area (Å²) in [6.45, 7) is 21.9. The van der Waals surface area contributed by atoms with Crippen LogP contribution in [0, 0.1) is 29.6 Å². The Kier molecular flexibility index (Phi) is 20.6. The Balaban J connectivity index is 1.23. The second-order valence-corrected chi connectivity index (χ2v) is 22.2. The molecule has 0 aromatic heterocycles. The summed E-state index contributed by atoms with van der Waals surface area (Å²) in [4.78, 5) is 0. The Morgan fingerprint density at radius 2 is 0.808 bits per heavy atom. The van der Waals surface area contributed by atoms with Gasteiger partial charge in [0.2, 0.25) is 0 Å². The molecule has 3 rings (SSSR count). The predicted molar refractivity (Wildman–Crippen MR) is 230 cm³/mol. The van der Waals surface area contributed by atoms with E-state index in [1.807, 2.05) is 0 Å². The molecule has 0 aliphatic rings. The van der Waals surface area contributed by atoms with E-state index in [-0.39, 0.29) is 5.04 Å². The van der Waals surface area contributed by atoms with E-state index in [9.17, 15) is 0 Å². The molecule has 0 unspecified atom stereocenters. The predicted octanol–water partition coefficient (Wildman–Crippen LogP) is 13.4. The highest BCUT2D eigenvalue weighted by Gasteiger charge is 2.50. The van der Waals surface area contributed by atoms with E-state index in [1.165, 1.54) is 106 Å². The van der Waals surface area contributed by atoms with Crippen LogP contribution in [0.4, 0.5) is 0 Å². The van der Waals surface area contributed by atoms with Gasteiger partial charge in [-0.1, -0.05) is 217 Å². The normalized spacial score (nSPS) is 15.2. The number of hydrogen-bond donors (Lipinski definition) is 0. The highest BCUT2D eigenvalue weighted by Crippen LogP contribution is 2.37. The molecule has 5 atom stereocenters. The van der Waals surface area contributed by atoms with Crippen molar-refractivity contribution in [3.8, 4) is 0 Å². The molecule has 0 aliphatic heterocycles. The fourth-order valence-electron chi connectivity index (χ4n) is 8.25. The lowest BCUT2D eigenvalue weighted by Crippen LogP contribution is -2.66. The van der Waals surface area contributed by atoms with Crippen LogP contribution >= 0.6 is 0 Å². The van der Waals surface area contributed by atoms with Crippen LogP contribution in [-0.4, -0.2) is 21.5 Å². The summed E-state index contributed by atoms with van der Waals surface area (Å²) in [6, 6.07) is 32.7.